The summed E-state index contributed by atoms with van der Waals surface area (Å²) in [7, 11) is -3.53. The van der Waals surface area contributed by atoms with E-state index in [-0.39, 0.29) is 0 Å². The van der Waals surface area contributed by atoms with Crippen LogP contribution in [-0.2, 0) is 10.0 Å². The fourth-order valence-electron chi connectivity index (χ4n) is 3.53. The molecule has 158 valence electrons. The van der Waals surface area contributed by atoms with Gasteiger partial charge in [0, 0.05) is 36.9 Å². The zero-order valence-electron chi connectivity index (χ0n) is 17.3. The summed E-state index contributed by atoms with van der Waals surface area (Å²) in [5, 5.41) is 0.731. The van der Waals surface area contributed by atoms with E-state index in [0.29, 0.717) is 37.7 Å². The standard InChI is InChI=1S/C22H29ClN2O3S/c1-4-5-15-28-22-10-9-19(16-17(22)2)29(26,27)25-13-11-24(12-14-25)21-8-6-7-20(23)18(21)3/h6-10,16H,4-5,11-15H2,1-3H3. The van der Waals surface area contributed by atoms with E-state index in [1.165, 1.54) is 0 Å². The molecule has 0 radical (unpaired) electrons. The summed E-state index contributed by atoms with van der Waals surface area (Å²) in [6.45, 7) is 8.81. The molecule has 1 heterocycles. The summed E-state index contributed by atoms with van der Waals surface area (Å²) in [5.41, 5.74) is 2.94. The van der Waals surface area contributed by atoms with Gasteiger partial charge in [-0.05, 0) is 61.7 Å². The maximum atomic E-state index is 13.1. The molecule has 0 N–H and O–H groups in total. The minimum absolute atomic E-state index is 0.324. The molecule has 0 atom stereocenters. The van der Waals surface area contributed by atoms with Gasteiger partial charge in [-0.25, -0.2) is 8.42 Å². The molecular formula is C22H29ClN2O3S. The molecule has 1 fully saturated rings. The highest BCUT2D eigenvalue weighted by atomic mass is 35.5. The number of halogens is 1. The van der Waals surface area contributed by atoms with Crippen molar-refractivity contribution in [3.05, 3.63) is 52.5 Å². The molecule has 0 bridgehead atoms. The van der Waals surface area contributed by atoms with E-state index in [1.54, 1.807) is 22.5 Å². The van der Waals surface area contributed by atoms with Crippen LogP contribution >= 0.6 is 11.6 Å². The van der Waals surface area contributed by atoms with Gasteiger partial charge in [0.15, 0.2) is 0 Å². The van der Waals surface area contributed by atoms with Crippen LogP contribution in [0.4, 0.5) is 5.69 Å². The van der Waals surface area contributed by atoms with E-state index < -0.39 is 10.0 Å². The van der Waals surface area contributed by atoms with E-state index in [2.05, 4.69) is 11.8 Å². The molecule has 0 amide bonds. The molecule has 0 spiro atoms. The van der Waals surface area contributed by atoms with Crippen molar-refractivity contribution in [3.63, 3.8) is 0 Å². The second-order valence-electron chi connectivity index (χ2n) is 7.40. The fraction of sp³-hybridized carbons (Fsp3) is 0.455. The van der Waals surface area contributed by atoms with Crippen molar-refractivity contribution in [2.75, 3.05) is 37.7 Å². The Hall–Kier alpha value is -1.76. The van der Waals surface area contributed by atoms with Gasteiger partial charge in [-0.15, -0.1) is 0 Å². The average molecular weight is 437 g/mol. The van der Waals surface area contributed by atoms with Crippen molar-refractivity contribution >= 4 is 27.3 Å². The van der Waals surface area contributed by atoms with Gasteiger partial charge in [-0.1, -0.05) is 31.0 Å². The second kappa shape index (κ2) is 9.37. The smallest absolute Gasteiger partial charge is 0.243 e. The Balaban J connectivity index is 1.70. The zero-order chi connectivity index (χ0) is 21.0. The van der Waals surface area contributed by atoms with Crippen molar-refractivity contribution in [3.8, 4) is 5.75 Å². The third-order valence-electron chi connectivity index (χ3n) is 5.36. The van der Waals surface area contributed by atoms with Gasteiger partial charge in [0.05, 0.1) is 11.5 Å². The fourth-order valence-corrected chi connectivity index (χ4v) is 5.21. The summed E-state index contributed by atoms with van der Waals surface area (Å²) in [5.74, 6) is 0.749. The number of aryl methyl sites for hydroxylation is 1. The van der Waals surface area contributed by atoms with Crippen LogP contribution in [0.25, 0.3) is 0 Å². The van der Waals surface area contributed by atoms with Gasteiger partial charge in [0.1, 0.15) is 5.75 Å². The highest BCUT2D eigenvalue weighted by Crippen LogP contribution is 2.29. The first-order valence-electron chi connectivity index (χ1n) is 10.1. The molecule has 0 aliphatic carbocycles. The summed E-state index contributed by atoms with van der Waals surface area (Å²) < 4.78 is 33.6. The van der Waals surface area contributed by atoms with Crippen molar-refractivity contribution in [1.29, 1.82) is 0 Å². The topological polar surface area (TPSA) is 49.9 Å². The monoisotopic (exact) mass is 436 g/mol. The molecule has 2 aromatic carbocycles. The van der Waals surface area contributed by atoms with Crippen LogP contribution in [-0.4, -0.2) is 45.5 Å². The van der Waals surface area contributed by atoms with Crippen LogP contribution in [0.3, 0.4) is 0 Å². The molecule has 3 rings (SSSR count). The van der Waals surface area contributed by atoms with Gasteiger partial charge in [0.2, 0.25) is 10.0 Å². The Morgan fingerprint density at radius 1 is 1.07 bits per heavy atom. The quantitative estimate of drug-likeness (QED) is 0.593. The minimum atomic E-state index is -3.53. The van der Waals surface area contributed by atoms with Crippen LogP contribution < -0.4 is 9.64 Å². The molecule has 2 aromatic rings. The SMILES string of the molecule is CCCCOc1ccc(S(=O)(=O)N2CCN(c3cccc(Cl)c3C)CC2)cc1C. The Morgan fingerprint density at radius 3 is 2.45 bits per heavy atom. The van der Waals surface area contributed by atoms with E-state index >= 15 is 0 Å². The first kappa shape index (κ1) is 21.9. The normalized spacial score (nSPS) is 15.5. The molecule has 1 aliphatic heterocycles. The summed E-state index contributed by atoms with van der Waals surface area (Å²) in [6.07, 6.45) is 2.04. The van der Waals surface area contributed by atoms with E-state index in [1.807, 2.05) is 32.0 Å². The van der Waals surface area contributed by atoms with Gasteiger partial charge >= 0.3 is 0 Å². The molecular weight excluding hydrogens is 408 g/mol. The molecule has 0 saturated carbocycles. The number of benzene rings is 2. The highest BCUT2D eigenvalue weighted by Gasteiger charge is 2.29. The lowest BCUT2D eigenvalue weighted by atomic mass is 10.1. The lowest BCUT2D eigenvalue weighted by Gasteiger charge is -2.36. The molecule has 1 aliphatic rings. The summed E-state index contributed by atoms with van der Waals surface area (Å²) in [6, 6.07) is 11.0. The number of nitrogens with zero attached hydrogens (tertiary/aromatic N) is 2. The highest BCUT2D eigenvalue weighted by molar-refractivity contribution is 7.89. The van der Waals surface area contributed by atoms with Gasteiger partial charge < -0.3 is 9.64 Å². The Kier molecular flexibility index (Phi) is 7.09. The van der Waals surface area contributed by atoms with Crippen LogP contribution in [0.1, 0.15) is 30.9 Å². The lowest BCUT2D eigenvalue weighted by molar-refractivity contribution is 0.307. The number of unbranched alkanes of at least 4 members (excludes halogenated alkanes) is 1. The molecule has 1 saturated heterocycles. The first-order chi connectivity index (χ1) is 13.8. The third kappa shape index (κ3) is 4.87. The maximum absolute atomic E-state index is 13.1. The second-order valence-corrected chi connectivity index (χ2v) is 9.75. The Bertz CT molecular complexity index is 955. The molecule has 29 heavy (non-hydrogen) atoms. The van der Waals surface area contributed by atoms with Crippen LogP contribution in [0, 0.1) is 13.8 Å². The van der Waals surface area contributed by atoms with E-state index in [4.69, 9.17) is 16.3 Å². The van der Waals surface area contributed by atoms with Crippen molar-refractivity contribution < 1.29 is 13.2 Å². The Labute approximate surface area is 179 Å². The van der Waals surface area contributed by atoms with Gasteiger partial charge in [-0.3, -0.25) is 0 Å². The average Bonchev–Trinajstić information content (AvgIpc) is 2.71. The number of sulfonamides is 1. The van der Waals surface area contributed by atoms with Crippen molar-refractivity contribution in [2.45, 2.75) is 38.5 Å². The molecule has 7 heteroatoms. The lowest BCUT2D eigenvalue weighted by Crippen LogP contribution is -2.48. The number of anilines is 1. The summed E-state index contributed by atoms with van der Waals surface area (Å²) in [4.78, 5) is 2.52. The van der Waals surface area contributed by atoms with Crippen LogP contribution in [0.15, 0.2) is 41.3 Å². The van der Waals surface area contributed by atoms with Crippen LogP contribution in [0.5, 0.6) is 5.75 Å². The van der Waals surface area contributed by atoms with E-state index in [9.17, 15) is 8.42 Å². The maximum Gasteiger partial charge on any atom is 0.243 e. The van der Waals surface area contributed by atoms with Crippen molar-refractivity contribution in [2.24, 2.45) is 0 Å². The third-order valence-corrected chi connectivity index (χ3v) is 7.66. The zero-order valence-corrected chi connectivity index (χ0v) is 18.9. The molecule has 0 aromatic heterocycles. The number of hydrogen-bond acceptors (Lipinski definition) is 4. The van der Waals surface area contributed by atoms with Crippen LogP contribution in [0.2, 0.25) is 5.02 Å². The number of rotatable bonds is 7. The van der Waals surface area contributed by atoms with E-state index in [0.717, 1.165) is 40.4 Å². The predicted molar refractivity (Wildman–Crippen MR) is 119 cm³/mol. The van der Waals surface area contributed by atoms with Crippen molar-refractivity contribution in [1.82, 2.24) is 4.31 Å². The number of ether oxygens (including phenoxy) is 1. The van der Waals surface area contributed by atoms with Gasteiger partial charge in [-0.2, -0.15) is 4.31 Å². The minimum Gasteiger partial charge on any atom is -0.493 e. The largest absolute Gasteiger partial charge is 0.493 e. The predicted octanol–water partition coefficient (Wildman–Crippen LogP) is 4.65. The number of piperazine rings is 1. The first-order valence-corrected chi connectivity index (χ1v) is 11.9. The Morgan fingerprint density at radius 2 is 1.79 bits per heavy atom. The molecule has 0 unspecified atom stereocenters. The molecule has 5 nitrogen and oxygen atoms in total. The summed E-state index contributed by atoms with van der Waals surface area (Å²) >= 11 is 6.24. The number of hydrogen-bond donors (Lipinski definition) is 0. The van der Waals surface area contributed by atoms with Gasteiger partial charge in [0.25, 0.3) is 0 Å².